The summed E-state index contributed by atoms with van der Waals surface area (Å²) in [5.41, 5.74) is 8.04. The van der Waals surface area contributed by atoms with Gasteiger partial charge >= 0.3 is 0 Å². The molecule has 0 saturated heterocycles. The van der Waals surface area contributed by atoms with Gasteiger partial charge in [0.25, 0.3) is 0 Å². The zero-order chi connectivity index (χ0) is 30.8. The maximum atomic E-state index is 14.7. The van der Waals surface area contributed by atoms with Crippen molar-refractivity contribution >= 4 is 39.1 Å². The largest absolute Gasteiger partial charge is 0.384 e. The summed E-state index contributed by atoms with van der Waals surface area (Å²) in [6, 6.07) is 15.0. The van der Waals surface area contributed by atoms with E-state index in [-0.39, 0.29) is 17.6 Å². The number of aromatic nitrogens is 5. The van der Waals surface area contributed by atoms with Crippen LogP contribution in [0.4, 0.5) is 15.8 Å². The molecule has 10 heteroatoms. The monoisotopic (exact) mass is 590 g/mol. The fraction of sp³-hybridized carbons (Fsp3) is 0.235. The Labute approximate surface area is 254 Å². The molecule has 0 aliphatic carbocycles. The number of amides is 1. The highest BCUT2D eigenvalue weighted by Gasteiger charge is 2.16. The van der Waals surface area contributed by atoms with Crippen molar-refractivity contribution in [2.45, 2.75) is 20.3 Å². The predicted molar refractivity (Wildman–Crippen MR) is 175 cm³/mol. The molecule has 6 rings (SSSR count). The summed E-state index contributed by atoms with van der Waals surface area (Å²) in [6.45, 7) is 5.56. The van der Waals surface area contributed by atoms with Gasteiger partial charge < -0.3 is 20.5 Å². The first-order valence-corrected chi connectivity index (χ1v) is 14.6. The Hall–Kier alpha value is -5.09. The first-order chi connectivity index (χ1) is 21.2. The predicted octanol–water partition coefficient (Wildman–Crippen LogP) is 6.93. The van der Waals surface area contributed by atoms with Gasteiger partial charge in [-0.2, -0.15) is 5.10 Å². The Kier molecular flexibility index (Phi) is 8.08. The molecule has 1 amide bonds. The first-order valence-electron chi connectivity index (χ1n) is 14.6. The van der Waals surface area contributed by atoms with Crippen molar-refractivity contribution in [3.8, 4) is 33.6 Å². The smallest absolute Gasteiger partial charge is 0.224 e. The van der Waals surface area contributed by atoms with Gasteiger partial charge in [-0.25, -0.2) is 4.39 Å². The molecule has 224 valence electrons. The van der Waals surface area contributed by atoms with E-state index in [1.165, 1.54) is 12.1 Å². The maximum Gasteiger partial charge on any atom is 0.224 e. The van der Waals surface area contributed by atoms with Crippen LogP contribution >= 0.6 is 0 Å². The standard InChI is InChI=1S/C34H35FN8O/c1-20(2)9-33(44)39-26-12-23(16-36-17-26)21-5-6-30-28(13-21)34(42-41-30)31-15-27-29(18-37-19-32(27)40-31)22-10-24(35)14-25(11-22)38-7-8-43(3)4/h5-6,10-20,38,40H,7-9H2,1-4H3,(H,39,44)(H,41,42). The van der Waals surface area contributed by atoms with E-state index in [9.17, 15) is 9.18 Å². The highest BCUT2D eigenvalue weighted by atomic mass is 19.1. The minimum atomic E-state index is -0.313. The highest BCUT2D eigenvalue weighted by Crippen LogP contribution is 2.36. The van der Waals surface area contributed by atoms with E-state index >= 15 is 0 Å². The fourth-order valence-electron chi connectivity index (χ4n) is 5.33. The lowest BCUT2D eigenvalue weighted by Crippen LogP contribution is -2.20. The number of benzene rings is 2. The van der Waals surface area contributed by atoms with Crippen LogP contribution in [0.3, 0.4) is 0 Å². The topological polar surface area (TPSA) is 115 Å². The molecule has 4 heterocycles. The maximum absolute atomic E-state index is 14.7. The number of hydrogen-bond acceptors (Lipinski definition) is 6. The molecule has 0 spiro atoms. The van der Waals surface area contributed by atoms with E-state index in [0.29, 0.717) is 18.7 Å². The summed E-state index contributed by atoms with van der Waals surface area (Å²) in [5, 5.41) is 15.9. The Morgan fingerprint density at radius 2 is 1.70 bits per heavy atom. The second-order valence-electron chi connectivity index (χ2n) is 11.7. The van der Waals surface area contributed by atoms with Gasteiger partial charge in [0.15, 0.2) is 0 Å². The molecule has 0 unspecified atom stereocenters. The van der Waals surface area contributed by atoms with Crippen molar-refractivity contribution in [3.05, 3.63) is 79.1 Å². The van der Waals surface area contributed by atoms with Crippen molar-refractivity contribution in [1.29, 1.82) is 0 Å². The second-order valence-corrected chi connectivity index (χ2v) is 11.7. The molecule has 2 aromatic carbocycles. The number of pyridine rings is 2. The average molecular weight is 591 g/mol. The number of halogens is 1. The number of carbonyl (C=O) groups excluding carboxylic acids is 1. The minimum absolute atomic E-state index is 0.0331. The third-order valence-corrected chi connectivity index (χ3v) is 7.41. The molecule has 0 aliphatic heterocycles. The number of nitrogens with one attached hydrogen (secondary N) is 4. The summed E-state index contributed by atoms with van der Waals surface area (Å²) in [7, 11) is 4.01. The summed E-state index contributed by atoms with van der Waals surface area (Å²) in [4.78, 5) is 26.7. The van der Waals surface area contributed by atoms with E-state index < -0.39 is 0 Å². The van der Waals surface area contributed by atoms with Gasteiger partial charge in [-0.3, -0.25) is 19.9 Å². The number of likely N-dealkylation sites (N-methyl/N-ethyl adjacent to an activating group) is 1. The van der Waals surface area contributed by atoms with E-state index in [1.54, 1.807) is 24.8 Å². The summed E-state index contributed by atoms with van der Waals surface area (Å²) >= 11 is 0. The summed E-state index contributed by atoms with van der Waals surface area (Å²) in [6.07, 6.45) is 7.41. The quantitative estimate of drug-likeness (QED) is 0.138. The number of anilines is 2. The van der Waals surface area contributed by atoms with Gasteiger partial charge in [-0.1, -0.05) is 19.9 Å². The molecule has 0 saturated carbocycles. The van der Waals surface area contributed by atoms with Crippen molar-refractivity contribution in [2.24, 2.45) is 5.92 Å². The van der Waals surface area contributed by atoms with E-state index in [2.05, 4.69) is 46.7 Å². The number of carbonyl (C=O) groups is 1. The molecule has 44 heavy (non-hydrogen) atoms. The summed E-state index contributed by atoms with van der Waals surface area (Å²) in [5.74, 6) is -0.0771. The SMILES string of the molecule is CC(C)CC(=O)Nc1cncc(-c2ccc3[nH]nc(-c4cc5c(-c6cc(F)cc(NCCN(C)C)c6)cncc5[nH]4)c3c2)c1. The van der Waals surface area contributed by atoms with Crippen molar-refractivity contribution in [1.82, 2.24) is 30.0 Å². The lowest BCUT2D eigenvalue weighted by atomic mass is 10.0. The molecule has 4 N–H and O–H groups in total. The van der Waals surface area contributed by atoms with Gasteiger partial charge in [-0.05, 0) is 73.6 Å². The van der Waals surface area contributed by atoms with Crippen molar-refractivity contribution in [2.75, 3.05) is 37.8 Å². The zero-order valence-electron chi connectivity index (χ0n) is 25.2. The van der Waals surface area contributed by atoms with Gasteiger partial charge in [0.1, 0.15) is 11.5 Å². The lowest BCUT2D eigenvalue weighted by Gasteiger charge is -2.13. The molecule has 0 atom stereocenters. The first kappa shape index (κ1) is 29.0. The molecular weight excluding hydrogens is 555 g/mol. The van der Waals surface area contributed by atoms with Crippen LogP contribution in [-0.2, 0) is 4.79 Å². The summed E-state index contributed by atoms with van der Waals surface area (Å²) < 4.78 is 14.7. The number of aromatic amines is 2. The lowest BCUT2D eigenvalue weighted by molar-refractivity contribution is -0.116. The van der Waals surface area contributed by atoms with Crippen molar-refractivity contribution < 1.29 is 9.18 Å². The molecule has 4 aromatic heterocycles. The Morgan fingerprint density at radius 3 is 2.52 bits per heavy atom. The number of nitrogens with zero attached hydrogens (tertiary/aromatic N) is 4. The Bertz CT molecular complexity index is 1960. The van der Waals surface area contributed by atoms with Crippen LogP contribution in [0.5, 0.6) is 0 Å². The molecule has 9 nitrogen and oxygen atoms in total. The van der Waals surface area contributed by atoms with Crippen LogP contribution < -0.4 is 10.6 Å². The van der Waals surface area contributed by atoms with E-state index in [1.807, 2.05) is 58.3 Å². The zero-order valence-corrected chi connectivity index (χ0v) is 25.2. The normalized spacial score (nSPS) is 11.6. The molecular formula is C34H35FN8O. The Morgan fingerprint density at radius 1 is 0.886 bits per heavy atom. The number of fused-ring (bicyclic) bond motifs is 2. The minimum Gasteiger partial charge on any atom is -0.384 e. The fourth-order valence-corrected chi connectivity index (χ4v) is 5.33. The van der Waals surface area contributed by atoms with E-state index in [4.69, 9.17) is 0 Å². The third-order valence-electron chi connectivity index (χ3n) is 7.41. The molecule has 6 aromatic rings. The van der Waals surface area contributed by atoms with Crippen LogP contribution in [0.25, 0.3) is 55.4 Å². The second kappa shape index (κ2) is 12.3. The van der Waals surface area contributed by atoms with Gasteiger partial charge in [0.2, 0.25) is 5.91 Å². The van der Waals surface area contributed by atoms with Gasteiger partial charge in [0.05, 0.1) is 34.8 Å². The van der Waals surface area contributed by atoms with Gasteiger partial charge in [-0.15, -0.1) is 0 Å². The van der Waals surface area contributed by atoms with Crippen LogP contribution in [-0.4, -0.2) is 63.1 Å². The van der Waals surface area contributed by atoms with Crippen LogP contribution in [0.15, 0.2) is 73.3 Å². The number of hydrogen-bond donors (Lipinski definition) is 4. The number of H-pyrrole nitrogens is 2. The van der Waals surface area contributed by atoms with Crippen LogP contribution in [0, 0.1) is 11.7 Å². The van der Waals surface area contributed by atoms with Crippen LogP contribution in [0.2, 0.25) is 0 Å². The molecule has 0 aliphatic rings. The van der Waals surface area contributed by atoms with Crippen molar-refractivity contribution in [3.63, 3.8) is 0 Å². The average Bonchev–Trinajstić information content (AvgIpc) is 3.60. The molecule has 0 bridgehead atoms. The highest BCUT2D eigenvalue weighted by molar-refractivity contribution is 6.01. The third kappa shape index (κ3) is 6.30. The number of rotatable bonds is 10. The molecule has 0 fully saturated rings. The van der Waals surface area contributed by atoms with Gasteiger partial charge in [0, 0.05) is 59.5 Å². The molecule has 0 radical (unpaired) electrons. The van der Waals surface area contributed by atoms with E-state index in [0.717, 1.165) is 67.7 Å². The Balaban J connectivity index is 1.33. The van der Waals surface area contributed by atoms with Crippen LogP contribution in [0.1, 0.15) is 20.3 Å².